The second-order valence-corrected chi connectivity index (χ2v) is 7.96. The summed E-state index contributed by atoms with van der Waals surface area (Å²) in [5, 5.41) is 0.714. The average molecular weight is 406 g/mol. The highest BCUT2D eigenvalue weighted by atomic mass is 35.5. The van der Waals surface area contributed by atoms with Crippen LogP contribution in [0.5, 0.6) is 0 Å². The summed E-state index contributed by atoms with van der Waals surface area (Å²) < 4.78 is 0. The Bertz CT molecular complexity index is 973. The summed E-state index contributed by atoms with van der Waals surface area (Å²) >= 11 is 5.92. The molecular formula is C24H24ClN3O. The van der Waals surface area contributed by atoms with Crippen LogP contribution in [0.15, 0.2) is 65.9 Å². The largest absolute Gasteiger partial charge is 0.360 e. The number of benzene rings is 2. The van der Waals surface area contributed by atoms with Crippen LogP contribution in [-0.2, 0) is 11.3 Å². The molecule has 2 aliphatic rings. The van der Waals surface area contributed by atoms with Gasteiger partial charge in [0.25, 0.3) is 5.91 Å². The zero-order valence-electron chi connectivity index (χ0n) is 16.6. The molecule has 0 aliphatic carbocycles. The van der Waals surface area contributed by atoms with Crippen LogP contribution < -0.4 is 0 Å². The van der Waals surface area contributed by atoms with Crippen LogP contribution >= 0.6 is 11.6 Å². The fourth-order valence-corrected chi connectivity index (χ4v) is 3.99. The van der Waals surface area contributed by atoms with Crippen molar-refractivity contribution < 1.29 is 4.79 Å². The summed E-state index contributed by atoms with van der Waals surface area (Å²) in [6, 6.07) is 17.7. The van der Waals surface area contributed by atoms with E-state index >= 15 is 0 Å². The molecule has 0 bridgehead atoms. The molecule has 0 fully saturated rings. The molecule has 2 heterocycles. The lowest BCUT2D eigenvalue weighted by atomic mass is 10.0. The Hall–Kier alpha value is -2.74. The van der Waals surface area contributed by atoms with E-state index in [1.54, 1.807) is 0 Å². The Labute approximate surface area is 177 Å². The summed E-state index contributed by atoms with van der Waals surface area (Å²) in [4.78, 5) is 19.5. The van der Waals surface area contributed by atoms with E-state index in [9.17, 15) is 4.79 Å². The Morgan fingerprint density at radius 3 is 2.59 bits per heavy atom. The Morgan fingerprint density at radius 2 is 1.83 bits per heavy atom. The number of halogens is 1. The van der Waals surface area contributed by atoms with Crippen LogP contribution in [0.3, 0.4) is 0 Å². The molecule has 0 saturated heterocycles. The van der Waals surface area contributed by atoms with Gasteiger partial charge in [0.1, 0.15) is 0 Å². The van der Waals surface area contributed by atoms with Crippen LogP contribution in [0.25, 0.3) is 0 Å². The zero-order valence-corrected chi connectivity index (χ0v) is 17.3. The fraction of sp³-hybridized carbons (Fsp3) is 0.292. The number of carbonyl (C=O) groups excluding carboxylic acids is 1. The van der Waals surface area contributed by atoms with Crippen molar-refractivity contribution in [1.82, 2.24) is 14.7 Å². The van der Waals surface area contributed by atoms with E-state index in [0.717, 1.165) is 29.7 Å². The topological polar surface area (TPSA) is 26.8 Å². The number of nitrogens with zero attached hydrogens (tertiary/aromatic N) is 3. The molecule has 0 unspecified atom stereocenters. The highest BCUT2D eigenvalue weighted by Gasteiger charge is 2.33. The lowest BCUT2D eigenvalue weighted by Crippen LogP contribution is -2.50. The van der Waals surface area contributed by atoms with Crippen LogP contribution in [0.1, 0.15) is 17.5 Å². The second kappa shape index (κ2) is 8.73. The van der Waals surface area contributed by atoms with Crippen molar-refractivity contribution in [3.05, 3.63) is 82.0 Å². The molecule has 2 aliphatic heterocycles. The molecule has 0 saturated carbocycles. The standard InChI is InChI=1S/C24H24ClN3O/c1-26-18-28(16-20-6-3-2-4-7-20)24(29)22-17-27(15-13-23(22)26)14-5-8-19-9-11-21(25)12-10-19/h2-4,6-7,9-12H,13-18H2,1H3. The minimum Gasteiger partial charge on any atom is -0.360 e. The third-order valence-electron chi connectivity index (χ3n) is 5.38. The van der Waals surface area contributed by atoms with Gasteiger partial charge in [-0.1, -0.05) is 53.8 Å². The molecule has 2 aromatic carbocycles. The normalized spacial score (nSPS) is 17.1. The summed E-state index contributed by atoms with van der Waals surface area (Å²) in [6.07, 6.45) is 0.888. The van der Waals surface area contributed by atoms with E-state index < -0.39 is 0 Å². The van der Waals surface area contributed by atoms with Crippen molar-refractivity contribution in [2.24, 2.45) is 0 Å². The SMILES string of the molecule is CN1CN(Cc2ccccc2)C(=O)C2=C1CCN(CC#Cc1ccc(Cl)cc1)C2. The molecule has 1 amide bonds. The van der Waals surface area contributed by atoms with Gasteiger partial charge in [0.05, 0.1) is 18.8 Å². The third-order valence-corrected chi connectivity index (χ3v) is 5.63. The van der Waals surface area contributed by atoms with Gasteiger partial charge in [-0.05, 0) is 29.8 Å². The Balaban J connectivity index is 1.43. The minimum absolute atomic E-state index is 0.150. The molecule has 0 atom stereocenters. The van der Waals surface area contributed by atoms with E-state index in [1.165, 1.54) is 5.70 Å². The molecule has 0 aromatic heterocycles. The van der Waals surface area contributed by atoms with Crippen molar-refractivity contribution in [3.8, 4) is 11.8 Å². The first kappa shape index (κ1) is 19.6. The summed E-state index contributed by atoms with van der Waals surface area (Å²) in [6.45, 7) is 3.50. The monoisotopic (exact) mass is 405 g/mol. The van der Waals surface area contributed by atoms with E-state index in [4.69, 9.17) is 11.6 Å². The maximum Gasteiger partial charge on any atom is 0.254 e. The Morgan fingerprint density at radius 1 is 1.07 bits per heavy atom. The first-order valence-electron chi connectivity index (χ1n) is 9.83. The molecule has 29 heavy (non-hydrogen) atoms. The first-order valence-corrected chi connectivity index (χ1v) is 10.2. The van der Waals surface area contributed by atoms with Gasteiger partial charge in [-0.15, -0.1) is 0 Å². The van der Waals surface area contributed by atoms with Crippen LogP contribution in [0, 0.1) is 11.8 Å². The van der Waals surface area contributed by atoms with Crippen LogP contribution in [0.2, 0.25) is 5.02 Å². The minimum atomic E-state index is 0.150. The molecular weight excluding hydrogens is 382 g/mol. The van der Waals surface area contributed by atoms with Gasteiger partial charge >= 0.3 is 0 Å². The smallest absolute Gasteiger partial charge is 0.254 e. The van der Waals surface area contributed by atoms with Crippen LogP contribution in [-0.4, -0.2) is 54.0 Å². The lowest BCUT2D eigenvalue weighted by Gasteiger charge is -2.42. The Kier molecular flexibility index (Phi) is 5.89. The second-order valence-electron chi connectivity index (χ2n) is 7.52. The quantitative estimate of drug-likeness (QED) is 0.730. The summed E-state index contributed by atoms with van der Waals surface area (Å²) in [7, 11) is 2.08. The maximum atomic E-state index is 13.1. The van der Waals surface area contributed by atoms with E-state index in [-0.39, 0.29) is 5.91 Å². The predicted molar refractivity (Wildman–Crippen MR) is 116 cm³/mol. The fourth-order valence-electron chi connectivity index (χ4n) is 3.86. The van der Waals surface area contributed by atoms with Crippen molar-refractivity contribution in [3.63, 3.8) is 0 Å². The lowest BCUT2D eigenvalue weighted by molar-refractivity contribution is -0.131. The van der Waals surface area contributed by atoms with Crippen molar-refractivity contribution in [2.45, 2.75) is 13.0 Å². The average Bonchev–Trinajstić information content (AvgIpc) is 2.74. The predicted octanol–water partition coefficient (Wildman–Crippen LogP) is 3.58. The molecule has 148 valence electrons. The molecule has 5 heteroatoms. The number of carbonyl (C=O) groups is 1. The van der Waals surface area contributed by atoms with Gasteiger partial charge < -0.3 is 9.80 Å². The molecule has 0 radical (unpaired) electrons. The number of hydrogen-bond acceptors (Lipinski definition) is 3. The molecule has 2 aromatic rings. The number of rotatable bonds is 3. The van der Waals surface area contributed by atoms with E-state index in [1.807, 2.05) is 47.4 Å². The van der Waals surface area contributed by atoms with Gasteiger partial charge in [-0.25, -0.2) is 0 Å². The number of hydrogen-bond donors (Lipinski definition) is 0. The zero-order chi connectivity index (χ0) is 20.2. The van der Waals surface area contributed by atoms with E-state index in [2.05, 4.69) is 40.8 Å². The van der Waals surface area contributed by atoms with Gasteiger partial charge in [-0.2, -0.15) is 0 Å². The van der Waals surface area contributed by atoms with Gasteiger partial charge in [0.2, 0.25) is 0 Å². The van der Waals surface area contributed by atoms with E-state index in [0.29, 0.717) is 31.3 Å². The number of amides is 1. The van der Waals surface area contributed by atoms with Crippen molar-refractivity contribution in [2.75, 3.05) is 33.4 Å². The van der Waals surface area contributed by atoms with Crippen molar-refractivity contribution in [1.29, 1.82) is 0 Å². The summed E-state index contributed by atoms with van der Waals surface area (Å²) in [5.41, 5.74) is 4.20. The highest BCUT2D eigenvalue weighted by Crippen LogP contribution is 2.27. The van der Waals surface area contributed by atoms with Gasteiger partial charge in [0, 0.05) is 49.4 Å². The third kappa shape index (κ3) is 4.64. The maximum absolute atomic E-state index is 13.1. The molecule has 4 rings (SSSR count). The first-order chi connectivity index (χ1) is 14.1. The molecule has 4 nitrogen and oxygen atoms in total. The van der Waals surface area contributed by atoms with Crippen LogP contribution in [0.4, 0.5) is 0 Å². The van der Waals surface area contributed by atoms with Gasteiger partial charge in [-0.3, -0.25) is 9.69 Å². The molecule has 0 spiro atoms. The molecule has 0 N–H and O–H groups in total. The van der Waals surface area contributed by atoms with Crippen molar-refractivity contribution >= 4 is 17.5 Å². The summed E-state index contributed by atoms with van der Waals surface area (Å²) in [5.74, 6) is 6.57. The van der Waals surface area contributed by atoms with Gasteiger partial charge in [0.15, 0.2) is 0 Å². The highest BCUT2D eigenvalue weighted by molar-refractivity contribution is 6.30.